The highest BCUT2D eigenvalue weighted by Crippen LogP contribution is 2.26. The van der Waals surface area contributed by atoms with Crippen LogP contribution >= 0.6 is 0 Å². The van der Waals surface area contributed by atoms with Gasteiger partial charge in [0.25, 0.3) is 0 Å². The third-order valence-electron chi connectivity index (χ3n) is 4.19. The molecular formula is C22H33NO3. The molecule has 0 saturated carbocycles. The normalized spacial score (nSPS) is 11.7. The number of nitrogens with two attached hydrogens (primary N) is 1. The van der Waals surface area contributed by atoms with Gasteiger partial charge in [0.1, 0.15) is 0 Å². The van der Waals surface area contributed by atoms with Gasteiger partial charge in [-0.15, -0.1) is 0 Å². The second-order valence-electron chi connectivity index (χ2n) is 7.58. The topological polar surface area (TPSA) is 69.4 Å². The molecule has 4 heteroatoms. The molecule has 1 aromatic carbocycles. The van der Waals surface area contributed by atoms with E-state index >= 15 is 0 Å². The minimum Gasteiger partial charge on any atom is -0.466 e. The molecule has 0 bridgehead atoms. The van der Waals surface area contributed by atoms with E-state index in [9.17, 15) is 9.59 Å². The number of hydrogen-bond donors (Lipinski definition) is 1. The van der Waals surface area contributed by atoms with E-state index in [2.05, 4.69) is 50.3 Å². The first-order chi connectivity index (χ1) is 12.3. The van der Waals surface area contributed by atoms with E-state index in [1.165, 1.54) is 11.1 Å². The molecule has 0 radical (unpaired) electrons. The van der Waals surface area contributed by atoms with Crippen molar-refractivity contribution < 1.29 is 14.3 Å². The third-order valence-corrected chi connectivity index (χ3v) is 4.19. The molecule has 0 aliphatic heterocycles. The summed E-state index contributed by atoms with van der Waals surface area (Å²) < 4.78 is 5.17. The fourth-order valence-corrected chi connectivity index (χ4v) is 2.66. The average Bonchev–Trinajstić information content (AvgIpc) is 2.57. The van der Waals surface area contributed by atoms with Crippen molar-refractivity contribution in [1.82, 2.24) is 0 Å². The minimum absolute atomic E-state index is 0.0917. The highest BCUT2D eigenvalue weighted by molar-refractivity contribution is 5.73. The van der Waals surface area contributed by atoms with E-state index in [0.29, 0.717) is 19.4 Å². The van der Waals surface area contributed by atoms with Gasteiger partial charge in [-0.2, -0.15) is 0 Å². The quantitative estimate of drug-likeness (QED) is 0.445. The number of amides is 1. The standard InChI is InChI=1S/C22H33NO3/c1-4-16-26-21(25)17-22(2,3)15-6-5-8-18-11-13-19(14-12-18)9-7-10-20(23)24/h5-6,11-14H,4,7-10,15-17H2,1-3H3,(H2,23,24)/b6-5+. The van der Waals surface area contributed by atoms with E-state index in [0.717, 1.165) is 32.1 Å². The summed E-state index contributed by atoms with van der Waals surface area (Å²) in [5, 5.41) is 0. The molecule has 0 unspecified atom stereocenters. The largest absolute Gasteiger partial charge is 0.466 e. The predicted molar refractivity (Wildman–Crippen MR) is 106 cm³/mol. The molecular weight excluding hydrogens is 326 g/mol. The van der Waals surface area contributed by atoms with Gasteiger partial charge in [-0.1, -0.05) is 57.2 Å². The summed E-state index contributed by atoms with van der Waals surface area (Å²) in [5.41, 5.74) is 7.54. The van der Waals surface area contributed by atoms with Crippen LogP contribution < -0.4 is 5.73 Å². The SMILES string of the molecule is CCCOC(=O)CC(C)(C)C/C=C/Cc1ccc(CCCC(N)=O)cc1. The van der Waals surface area contributed by atoms with Crippen LogP contribution in [0.2, 0.25) is 0 Å². The summed E-state index contributed by atoms with van der Waals surface area (Å²) in [6.45, 7) is 6.68. The molecule has 26 heavy (non-hydrogen) atoms. The molecule has 1 amide bonds. The lowest BCUT2D eigenvalue weighted by Gasteiger charge is -2.21. The number of aryl methyl sites for hydroxylation is 1. The van der Waals surface area contributed by atoms with Gasteiger partial charge in [0, 0.05) is 6.42 Å². The maximum atomic E-state index is 11.7. The Morgan fingerprint density at radius 1 is 1.12 bits per heavy atom. The van der Waals surface area contributed by atoms with Gasteiger partial charge in [0.15, 0.2) is 0 Å². The van der Waals surface area contributed by atoms with Crippen molar-refractivity contribution in [2.24, 2.45) is 11.1 Å². The van der Waals surface area contributed by atoms with Crippen molar-refractivity contribution in [1.29, 1.82) is 0 Å². The first-order valence-corrected chi connectivity index (χ1v) is 9.49. The van der Waals surface area contributed by atoms with Crippen molar-refractivity contribution in [2.45, 2.75) is 65.7 Å². The number of hydrogen-bond acceptors (Lipinski definition) is 3. The Balaban J connectivity index is 2.36. The first kappa shape index (κ1) is 21.9. The molecule has 1 rings (SSSR count). The summed E-state index contributed by atoms with van der Waals surface area (Å²) in [6.07, 6.45) is 9.43. The average molecular weight is 360 g/mol. The molecule has 144 valence electrons. The number of carbonyl (C=O) groups is 2. The maximum absolute atomic E-state index is 11.7. The lowest BCUT2D eigenvalue weighted by atomic mass is 9.85. The monoisotopic (exact) mass is 359 g/mol. The van der Waals surface area contributed by atoms with Crippen molar-refractivity contribution in [3.8, 4) is 0 Å². The second kappa shape index (κ2) is 11.5. The van der Waals surface area contributed by atoms with E-state index in [1.54, 1.807) is 0 Å². The Morgan fingerprint density at radius 3 is 2.38 bits per heavy atom. The Hall–Kier alpha value is -2.10. The van der Waals surface area contributed by atoms with Crippen LogP contribution in [0.3, 0.4) is 0 Å². The van der Waals surface area contributed by atoms with Gasteiger partial charge in [0.05, 0.1) is 13.0 Å². The lowest BCUT2D eigenvalue weighted by Crippen LogP contribution is -2.18. The Morgan fingerprint density at radius 2 is 1.77 bits per heavy atom. The van der Waals surface area contributed by atoms with Crippen LogP contribution in [0, 0.1) is 5.41 Å². The number of rotatable bonds is 12. The van der Waals surface area contributed by atoms with Crippen LogP contribution in [-0.2, 0) is 27.2 Å². The number of esters is 1. The van der Waals surface area contributed by atoms with Gasteiger partial charge in [-0.25, -0.2) is 0 Å². The van der Waals surface area contributed by atoms with Crippen LogP contribution in [0.4, 0.5) is 0 Å². The van der Waals surface area contributed by atoms with Crippen molar-refractivity contribution in [3.05, 3.63) is 47.5 Å². The predicted octanol–water partition coefficient (Wildman–Crippen LogP) is 4.35. The number of ether oxygens (including phenoxy) is 1. The van der Waals surface area contributed by atoms with Gasteiger partial charge in [-0.05, 0) is 48.6 Å². The molecule has 0 aromatic heterocycles. The number of carbonyl (C=O) groups excluding carboxylic acids is 2. The second-order valence-corrected chi connectivity index (χ2v) is 7.58. The number of benzene rings is 1. The van der Waals surface area contributed by atoms with Gasteiger partial charge >= 0.3 is 5.97 Å². The van der Waals surface area contributed by atoms with E-state index < -0.39 is 0 Å². The molecule has 0 atom stereocenters. The van der Waals surface area contributed by atoms with Gasteiger partial charge in [-0.3, -0.25) is 9.59 Å². The molecule has 0 fully saturated rings. The van der Waals surface area contributed by atoms with E-state index in [-0.39, 0.29) is 17.3 Å². The first-order valence-electron chi connectivity index (χ1n) is 9.49. The van der Waals surface area contributed by atoms with Gasteiger partial charge in [0.2, 0.25) is 5.91 Å². The Labute approximate surface area is 157 Å². The molecule has 4 nitrogen and oxygen atoms in total. The summed E-state index contributed by atoms with van der Waals surface area (Å²) in [7, 11) is 0. The minimum atomic E-state index is -0.242. The molecule has 0 spiro atoms. The number of allylic oxidation sites excluding steroid dienone is 2. The summed E-state index contributed by atoms with van der Waals surface area (Å²) in [5.74, 6) is -0.356. The summed E-state index contributed by atoms with van der Waals surface area (Å²) in [6, 6.07) is 8.46. The van der Waals surface area contributed by atoms with Crippen LogP contribution in [0.15, 0.2) is 36.4 Å². The lowest BCUT2D eigenvalue weighted by molar-refractivity contribution is -0.145. The fraction of sp³-hybridized carbons (Fsp3) is 0.545. The smallest absolute Gasteiger partial charge is 0.306 e. The molecule has 0 aliphatic rings. The van der Waals surface area contributed by atoms with Gasteiger partial charge < -0.3 is 10.5 Å². The van der Waals surface area contributed by atoms with Crippen molar-refractivity contribution in [3.63, 3.8) is 0 Å². The molecule has 1 aromatic rings. The van der Waals surface area contributed by atoms with E-state index in [1.807, 2.05) is 6.92 Å². The summed E-state index contributed by atoms with van der Waals surface area (Å²) in [4.78, 5) is 22.5. The van der Waals surface area contributed by atoms with Crippen LogP contribution in [0.5, 0.6) is 0 Å². The number of primary amides is 1. The van der Waals surface area contributed by atoms with Crippen LogP contribution in [0.25, 0.3) is 0 Å². The Bertz CT molecular complexity index is 588. The molecule has 0 heterocycles. The van der Waals surface area contributed by atoms with Crippen molar-refractivity contribution >= 4 is 11.9 Å². The zero-order valence-corrected chi connectivity index (χ0v) is 16.4. The fourth-order valence-electron chi connectivity index (χ4n) is 2.66. The maximum Gasteiger partial charge on any atom is 0.306 e. The zero-order chi connectivity index (χ0) is 19.4. The Kier molecular flexibility index (Phi) is 9.71. The molecule has 0 aliphatic carbocycles. The van der Waals surface area contributed by atoms with Crippen LogP contribution in [-0.4, -0.2) is 18.5 Å². The zero-order valence-electron chi connectivity index (χ0n) is 16.4. The highest BCUT2D eigenvalue weighted by atomic mass is 16.5. The van der Waals surface area contributed by atoms with Crippen LogP contribution in [0.1, 0.15) is 64.0 Å². The van der Waals surface area contributed by atoms with Crippen molar-refractivity contribution in [2.75, 3.05) is 6.61 Å². The molecule has 2 N–H and O–H groups in total. The molecule has 0 saturated heterocycles. The third kappa shape index (κ3) is 10.0. The summed E-state index contributed by atoms with van der Waals surface area (Å²) >= 11 is 0. The highest BCUT2D eigenvalue weighted by Gasteiger charge is 2.21. The van der Waals surface area contributed by atoms with E-state index in [4.69, 9.17) is 10.5 Å².